The van der Waals surface area contributed by atoms with Crippen molar-refractivity contribution in [3.05, 3.63) is 64.2 Å². The van der Waals surface area contributed by atoms with Crippen molar-refractivity contribution in [2.45, 2.75) is 13.8 Å². The number of ketones is 1. The molecular weight excluding hydrogens is 310 g/mol. The van der Waals surface area contributed by atoms with Gasteiger partial charge in [0.1, 0.15) is 12.4 Å². The summed E-state index contributed by atoms with van der Waals surface area (Å²) in [6, 6.07) is 9.45. The summed E-state index contributed by atoms with van der Waals surface area (Å²) in [4.78, 5) is 41.7. The lowest BCUT2D eigenvalue weighted by Crippen LogP contribution is -2.32. The summed E-state index contributed by atoms with van der Waals surface area (Å²) in [5.41, 5.74) is 2.00. The van der Waals surface area contributed by atoms with Crippen molar-refractivity contribution in [2.24, 2.45) is 0 Å². The van der Waals surface area contributed by atoms with Crippen molar-refractivity contribution in [2.75, 3.05) is 6.61 Å². The van der Waals surface area contributed by atoms with Crippen molar-refractivity contribution in [1.82, 2.24) is 5.06 Å². The molecule has 2 amide bonds. The highest BCUT2D eigenvalue weighted by molar-refractivity contribution is 6.20. The lowest BCUT2D eigenvalue weighted by Gasteiger charge is -2.13. The molecule has 2 aromatic carbocycles. The number of imide groups is 1. The lowest BCUT2D eigenvalue weighted by molar-refractivity contribution is -0.0817. The molecule has 0 unspecified atom stereocenters. The molecule has 1 aliphatic heterocycles. The Balaban J connectivity index is 1.74. The number of carbonyl (C=O) groups excluding carboxylic acids is 3. The van der Waals surface area contributed by atoms with Gasteiger partial charge in [0.2, 0.25) is 0 Å². The first-order valence-corrected chi connectivity index (χ1v) is 7.34. The smallest absolute Gasteiger partial charge is 0.285 e. The van der Waals surface area contributed by atoms with Crippen LogP contribution in [-0.2, 0) is 4.84 Å². The maximum absolute atomic E-state index is 12.2. The Bertz CT molecular complexity index is 813. The number of amides is 2. The molecule has 0 aliphatic carbocycles. The van der Waals surface area contributed by atoms with Gasteiger partial charge < -0.3 is 5.11 Å². The van der Waals surface area contributed by atoms with Gasteiger partial charge in [0.25, 0.3) is 11.8 Å². The van der Waals surface area contributed by atoms with Crippen LogP contribution in [0.3, 0.4) is 0 Å². The molecule has 1 N–H and O–H groups in total. The van der Waals surface area contributed by atoms with Gasteiger partial charge in [-0.1, -0.05) is 12.1 Å². The second-order valence-corrected chi connectivity index (χ2v) is 5.61. The minimum absolute atomic E-state index is 0.132. The summed E-state index contributed by atoms with van der Waals surface area (Å²) in [7, 11) is 0. The SMILES string of the molecule is Cc1cc(C(=O)CON2C(=O)c3ccccc3C2=O)cc(C)c1O. The Kier molecular flexibility index (Phi) is 3.91. The molecule has 1 heterocycles. The van der Waals surface area contributed by atoms with E-state index in [0.717, 1.165) is 0 Å². The number of phenols is 1. The van der Waals surface area contributed by atoms with Crippen LogP contribution in [0.15, 0.2) is 36.4 Å². The zero-order valence-electron chi connectivity index (χ0n) is 13.2. The van der Waals surface area contributed by atoms with Gasteiger partial charge in [-0.15, -0.1) is 5.06 Å². The van der Waals surface area contributed by atoms with E-state index in [4.69, 9.17) is 4.84 Å². The number of rotatable bonds is 4. The molecule has 6 nitrogen and oxygen atoms in total. The Morgan fingerprint density at radius 3 is 2.04 bits per heavy atom. The number of Topliss-reactive ketones (excluding diaryl/α,β-unsaturated/α-hetero) is 1. The summed E-state index contributed by atoms with van der Waals surface area (Å²) in [6.07, 6.45) is 0. The standard InChI is InChI=1S/C18H15NO5/c1-10-7-12(8-11(2)16(10)21)15(20)9-24-19-17(22)13-5-3-4-6-14(13)18(19)23/h3-8,21H,9H2,1-2H3. The first-order chi connectivity index (χ1) is 11.4. The van der Waals surface area contributed by atoms with Crippen LogP contribution >= 0.6 is 0 Å². The molecule has 0 spiro atoms. The third-order valence-corrected chi connectivity index (χ3v) is 3.89. The fourth-order valence-electron chi connectivity index (χ4n) is 2.61. The van der Waals surface area contributed by atoms with Crippen molar-refractivity contribution in [1.29, 1.82) is 0 Å². The van der Waals surface area contributed by atoms with Gasteiger partial charge in [0.15, 0.2) is 5.78 Å². The number of benzene rings is 2. The number of hydrogen-bond donors (Lipinski definition) is 1. The van der Waals surface area contributed by atoms with Gasteiger partial charge in [0, 0.05) is 5.56 Å². The van der Waals surface area contributed by atoms with Crippen molar-refractivity contribution in [3.63, 3.8) is 0 Å². The van der Waals surface area contributed by atoms with E-state index in [-0.39, 0.29) is 16.9 Å². The highest BCUT2D eigenvalue weighted by Gasteiger charge is 2.36. The number of nitrogens with zero attached hydrogens (tertiary/aromatic N) is 1. The fraction of sp³-hybridized carbons (Fsp3) is 0.167. The fourth-order valence-corrected chi connectivity index (χ4v) is 2.61. The van der Waals surface area contributed by atoms with E-state index in [1.54, 1.807) is 26.0 Å². The summed E-state index contributed by atoms with van der Waals surface area (Å²) in [6.45, 7) is 2.92. The molecule has 3 rings (SSSR count). The van der Waals surface area contributed by atoms with E-state index in [2.05, 4.69) is 0 Å². The van der Waals surface area contributed by atoms with Crippen LogP contribution in [0.25, 0.3) is 0 Å². The summed E-state index contributed by atoms with van der Waals surface area (Å²) >= 11 is 0. The Morgan fingerprint density at radius 2 is 1.54 bits per heavy atom. The van der Waals surface area contributed by atoms with Crippen LogP contribution in [0.4, 0.5) is 0 Å². The third kappa shape index (κ3) is 2.57. The number of phenolic OH excluding ortho intramolecular Hbond substituents is 1. The van der Waals surface area contributed by atoms with Crippen LogP contribution in [-0.4, -0.2) is 34.4 Å². The van der Waals surface area contributed by atoms with Crippen LogP contribution in [0, 0.1) is 13.8 Å². The number of aromatic hydroxyl groups is 1. The molecule has 2 aromatic rings. The molecular formula is C18H15NO5. The minimum Gasteiger partial charge on any atom is -0.507 e. The second kappa shape index (κ2) is 5.90. The molecule has 0 bridgehead atoms. The van der Waals surface area contributed by atoms with E-state index < -0.39 is 24.2 Å². The molecule has 6 heteroatoms. The topological polar surface area (TPSA) is 83.9 Å². The predicted octanol–water partition coefficient (Wildman–Crippen LogP) is 2.42. The zero-order valence-corrected chi connectivity index (χ0v) is 13.2. The number of hydrogen-bond acceptors (Lipinski definition) is 5. The second-order valence-electron chi connectivity index (χ2n) is 5.61. The minimum atomic E-state index is -0.582. The van der Waals surface area contributed by atoms with Crippen LogP contribution in [0.2, 0.25) is 0 Å². The molecule has 0 aromatic heterocycles. The zero-order chi connectivity index (χ0) is 17.4. The van der Waals surface area contributed by atoms with Gasteiger partial charge in [-0.3, -0.25) is 19.2 Å². The highest BCUT2D eigenvalue weighted by Crippen LogP contribution is 2.24. The molecule has 24 heavy (non-hydrogen) atoms. The average molecular weight is 325 g/mol. The van der Waals surface area contributed by atoms with E-state index in [1.165, 1.54) is 24.3 Å². The lowest BCUT2D eigenvalue weighted by atomic mass is 10.0. The summed E-state index contributed by atoms with van der Waals surface area (Å²) < 4.78 is 0. The largest absolute Gasteiger partial charge is 0.507 e. The van der Waals surface area contributed by atoms with E-state index in [1.807, 2.05) is 0 Å². The quantitative estimate of drug-likeness (QED) is 0.689. The molecule has 0 radical (unpaired) electrons. The van der Waals surface area contributed by atoms with Gasteiger partial charge in [-0.2, -0.15) is 0 Å². The average Bonchev–Trinajstić information content (AvgIpc) is 2.81. The van der Waals surface area contributed by atoms with E-state index in [9.17, 15) is 19.5 Å². The van der Waals surface area contributed by atoms with E-state index in [0.29, 0.717) is 21.8 Å². The maximum Gasteiger partial charge on any atom is 0.285 e. The van der Waals surface area contributed by atoms with Crippen molar-refractivity contribution in [3.8, 4) is 5.75 Å². The monoisotopic (exact) mass is 325 g/mol. The molecule has 0 fully saturated rings. The number of fused-ring (bicyclic) bond motifs is 1. The summed E-state index contributed by atoms with van der Waals surface area (Å²) in [5.74, 6) is -1.42. The van der Waals surface area contributed by atoms with Gasteiger partial charge in [0.05, 0.1) is 11.1 Å². The van der Waals surface area contributed by atoms with Gasteiger partial charge in [-0.05, 0) is 49.2 Å². The number of hydroxylamine groups is 2. The molecule has 0 saturated carbocycles. The third-order valence-electron chi connectivity index (χ3n) is 3.89. The Morgan fingerprint density at radius 1 is 1.04 bits per heavy atom. The number of aryl methyl sites for hydroxylation is 2. The molecule has 122 valence electrons. The summed E-state index contributed by atoms with van der Waals surface area (Å²) in [5, 5.41) is 10.4. The Labute approximate surface area is 138 Å². The van der Waals surface area contributed by atoms with Crippen LogP contribution < -0.4 is 0 Å². The van der Waals surface area contributed by atoms with E-state index >= 15 is 0 Å². The Hall–Kier alpha value is -2.99. The first-order valence-electron chi connectivity index (χ1n) is 7.34. The highest BCUT2D eigenvalue weighted by atomic mass is 16.7. The first kappa shape index (κ1) is 15.9. The number of carbonyl (C=O) groups is 3. The molecule has 0 atom stereocenters. The maximum atomic E-state index is 12.2. The van der Waals surface area contributed by atoms with Crippen molar-refractivity contribution < 1.29 is 24.3 Å². The normalized spacial score (nSPS) is 13.3. The molecule has 1 aliphatic rings. The van der Waals surface area contributed by atoms with Crippen LogP contribution in [0.5, 0.6) is 5.75 Å². The van der Waals surface area contributed by atoms with Gasteiger partial charge >= 0.3 is 0 Å². The van der Waals surface area contributed by atoms with Crippen molar-refractivity contribution >= 4 is 17.6 Å². The van der Waals surface area contributed by atoms with Gasteiger partial charge in [-0.25, -0.2) is 0 Å². The molecule has 0 saturated heterocycles. The predicted molar refractivity (Wildman–Crippen MR) is 84.8 cm³/mol. The van der Waals surface area contributed by atoms with Crippen LogP contribution in [0.1, 0.15) is 42.2 Å².